The molecule has 2 saturated heterocycles. The van der Waals surface area contributed by atoms with Crippen molar-refractivity contribution in [3.05, 3.63) is 20.8 Å². The molecule has 0 saturated carbocycles. The van der Waals surface area contributed by atoms with Crippen LogP contribution in [-0.4, -0.2) is 34.0 Å². The van der Waals surface area contributed by atoms with Gasteiger partial charge in [-0.2, -0.15) is 0 Å². The highest BCUT2D eigenvalue weighted by molar-refractivity contribution is 9.10. The summed E-state index contributed by atoms with van der Waals surface area (Å²) in [5, 5.41) is 11.0. The molecule has 3 rings (SSSR count). The normalized spacial score (nSPS) is 29.8. The minimum atomic E-state index is -0.771. The van der Waals surface area contributed by atoms with Crippen molar-refractivity contribution in [3.63, 3.8) is 0 Å². The van der Waals surface area contributed by atoms with Gasteiger partial charge in [0, 0.05) is 21.9 Å². The largest absolute Gasteiger partial charge is 0.481 e. The number of carbonyl (C=O) groups is 2. The van der Waals surface area contributed by atoms with E-state index in [1.165, 1.54) is 11.3 Å². The summed E-state index contributed by atoms with van der Waals surface area (Å²) in [6.45, 7) is 0. The molecular weight excluding hydrogens is 318 g/mol. The minimum absolute atomic E-state index is 0.0121. The Bertz CT molecular complexity index is 515. The van der Waals surface area contributed by atoms with Gasteiger partial charge in [0.2, 0.25) is 0 Å². The number of thiophene rings is 1. The second-order valence-corrected chi connectivity index (χ2v) is 6.65. The van der Waals surface area contributed by atoms with E-state index < -0.39 is 5.97 Å². The number of amides is 1. The van der Waals surface area contributed by atoms with Gasteiger partial charge in [0.1, 0.15) is 0 Å². The summed E-state index contributed by atoms with van der Waals surface area (Å²) in [6, 6.07) is 1.81. The summed E-state index contributed by atoms with van der Waals surface area (Å²) in [6.07, 6.45) is 2.37. The molecule has 96 valence electrons. The number of nitrogens with zero attached hydrogens (tertiary/aromatic N) is 1. The Balaban J connectivity index is 1.85. The average Bonchev–Trinajstić information content (AvgIpc) is 3.01. The van der Waals surface area contributed by atoms with Gasteiger partial charge < -0.3 is 10.0 Å². The number of hydrogen-bond donors (Lipinski definition) is 1. The van der Waals surface area contributed by atoms with Crippen molar-refractivity contribution in [1.29, 1.82) is 0 Å². The zero-order valence-corrected chi connectivity index (χ0v) is 11.9. The van der Waals surface area contributed by atoms with Gasteiger partial charge in [-0.15, -0.1) is 11.3 Å². The van der Waals surface area contributed by atoms with Gasteiger partial charge in [-0.25, -0.2) is 0 Å². The Morgan fingerprint density at radius 2 is 2.22 bits per heavy atom. The van der Waals surface area contributed by atoms with Crippen LogP contribution >= 0.6 is 27.3 Å². The van der Waals surface area contributed by atoms with Crippen molar-refractivity contribution in [2.75, 3.05) is 0 Å². The number of hydrogen-bond acceptors (Lipinski definition) is 3. The van der Waals surface area contributed by atoms with E-state index in [2.05, 4.69) is 15.9 Å². The highest BCUT2D eigenvalue weighted by Crippen LogP contribution is 2.43. The smallest absolute Gasteiger partial charge is 0.308 e. The highest BCUT2D eigenvalue weighted by atomic mass is 79.9. The van der Waals surface area contributed by atoms with Gasteiger partial charge in [0.25, 0.3) is 5.91 Å². The maximum Gasteiger partial charge on any atom is 0.308 e. The molecule has 2 aliphatic rings. The molecule has 2 aliphatic heterocycles. The van der Waals surface area contributed by atoms with Gasteiger partial charge >= 0.3 is 5.97 Å². The summed E-state index contributed by atoms with van der Waals surface area (Å²) in [4.78, 5) is 26.1. The van der Waals surface area contributed by atoms with E-state index in [9.17, 15) is 9.59 Å². The van der Waals surface area contributed by atoms with E-state index in [4.69, 9.17) is 5.11 Å². The molecule has 3 atom stereocenters. The summed E-state index contributed by atoms with van der Waals surface area (Å²) in [7, 11) is 0. The molecule has 4 nitrogen and oxygen atoms in total. The summed E-state index contributed by atoms with van der Waals surface area (Å²) < 4.78 is 0.900. The quantitative estimate of drug-likeness (QED) is 0.907. The van der Waals surface area contributed by atoms with Crippen LogP contribution in [0, 0.1) is 5.92 Å². The van der Waals surface area contributed by atoms with Gasteiger partial charge in [-0.05, 0) is 41.3 Å². The molecule has 0 spiro atoms. The summed E-state index contributed by atoms with van der Waals surface area (Å²) in [5.74, 6) is -1.16. The molecular formula is C12H12BrNO3S. The summed E-state index contributed by atoms with van der Waals surface area (Å²) in [5.41, 5.74) is 0. The first-order valence-electron chi connectivity index (χ1n) is 5.87. The zero-order valence-electron chi connectivity index (χ0n) is 9.51. The van der Waals surface area contributed by atoms with Crippen LogP contribution in [0.2, 0.25) is 0 Å². The topological polar surface area (TPSA) is 57.6 Å². The van der Waals surface area contributed by atoms with E-state index >= 15 is 0 Å². The first kappa shape index (κ1) is 12.2. The fourth-order valence-electron chi connectivity index (χ4n) is 3.12. The van der Waals surface area contributed by atoms with Crippen molar-refractivity contribution >= 4 is 39.1 Å². The van der Waals surface area contributed by atoms with Gasteiger partial charge in [-0.1, -0.05) is 0 Å². The van der Waals surface area contributed by atoms with Crippen LogP contribution in [-0.2, 0) is 4.79 Å². The minimum Gasteiger partial charge on any atom is -0.481 e. The van der Waals surface area contributed by atoms with Crippen LogP contribution in [0.1, 0.15) is 28.9 Å². The predicted octanol–water partition coefficient (Wildman–Crippen LogP) is 2.59. The maximum atomic E-state index is 12.4. The van der Waals surface area contributed by atoms with Crippen LogP contribution in [0.5, 0.6) is 0 Å². The Morgan fingerprint density at radius 1 is 1.44 bits per heavy atom. The number of fused-ring (bicyclic) bond motifs is 2. The van der Waals surface area contributed by atoms with Crippen molar-refractivity contribution in [1.82, 2.24) is 4.90 Å². The molecule has 2 fully saturated rings. The van der Waals surface area contributed by atoms with Crippen molar-refractivity contribution in [2.45, 2.75) is 31.3 Å². The molecule has 0 aromatic carbocycles. The predicted molar refractivity (Wildman–Crippen MR) is 70.7 cm³/mol. The Kier molecular flexibility index (Phi) is 2.94. The van der Waals surface area contributed by atoms with E-state index in [1.807, 2.05) is 5.38 Å². The van der Waals surface area contributed by atoms with Crippen molar-refractivity contribution < 1.29 is 14.7 Å². The molecule has 1 aromatic rings. The third-order valence-electron chi connectivity index (χ3n) is 3.87. The lowest BCUT2D eigenvalue weighted by Gasteiger charge is -2.22. The van der Waals surface area contributed by atoms with Crippen LogP contribution in [0.25, 0.3) is 0 Å². The number of halogens is 1. The van der Waals surface area contributed by atoms with E-state index in [1.54, 1.807) is 11.0 Å². The fraction of sp³-hybridized carbons (Fsp3) is 0.500. The SMILES string of the molecule is O=C(O)C1CC2CCC1N2C(=O)c1cc(Br)cs1. The zero-order chi connectivity index (χ0) is 12.9. The lowest BCUT2D eigenvalue weighted by Crippen LogP contribution is -2.37. The number of carboxylic acid groups (broad SMARTS) is 1. The molecule has 0 aliphatic carbocycles. The second-order valence-electron chi connectivity index (χ2n) is 4.82. The molecule has 18 heavy (non-hydrogen) atoms. The molecule has 2 bridgehead atoms. The van der Waals surface area contributed by atoms with E-state index in [0.717, 1.165) is 17.3 Å². The van der Waals surface area contributed by atoms with Crippen LogP contribution in [0.4, 0.5) is 0 Å². The monoisotopic (exact) mass is 329 g/mol. The van der Waals surface area contributed by atoms with E-state index in [0.29, 0.717) is 11.3 Å². The molecule has 3 unspecified atom stereocenters. The molecule has 1 aromatic heterocycles. The number of aliphatic carboxylic acids is 1. The van der Waals surface area contributed by atoms with Crippen molar-refractivity contribution in [2.24, 2.45) is 5.92 Å². The van der Waals surface area contributed by atoms with Crippen LogP contribution in [0.3, 0.4) is 0 Å². The fourth-order valence-corrected chi connectivity index (χ4v) is 4.49. The third kappa shape index (κ3) is 1.78. The van der Waals surface area contributed by atoms with Gasteiger partial charge in [-0.3, -0.25) is 9.59 Å². The molecule has 0 radical (unpaired) electrons. The van der Waals surface area contributed by atoms with Crippen LogP contribution in [0.15, 0.2) is 15.9 Å². The van der Waals surface area contributed by atoms with Gasteiger partial charge in [0.05, 0.1) is 10.8 Å². The first-order valence-corrected chi connectivity index (χ1v) is 7.54. The number of carbonyl (C=O) groups excluding carboxylic acids is 1. The van der Waals surface area contributed by atoms with Crippen molar-refractivity contribution in [3.8, 4) is 0 Å². The number of carboxylic acids is 1. The first-order chi connectivity index (χ1) is 8.58. The molecule has 6 heteroatoms. The van der Waals surface area contributed by atoms with E-state index in [-0.39, 0.29) is 23.9 Å². The second kappa shape index (κ2) is 4.35. The molecule has 1 N–H and O–H groups in total. The Hall–Kier alpha value is -0.880. The van der Waals surface area contributed by atoms with Gasteiger partial charge in [0.15, 0.2) is 0 Å². The maximum absolute atomic E-state index is 12.4. The lowest BCUT2D eigenvalue weighted by atomic mass is 9.89. The molecule has 1 amide bonds. The highest BCUT2D eigenvalue weighted by Gasteiger charge is 2.51. The molecule has 3 heterocycles. The lowest BCUT2D eigenvalue weighted by molar-refractivity contribution is -0.142. The summed E-state index contributed by atoms with van der Waals surface area (Å²) >= 11 is 4.74. The number of rotatable bonds is 2. The standard InChI is InChI=1S/C12H12BrNO3S/c13-6-3-10(18-5-6)11(15)14-7-1-2-9(14)8(4-7)12(16)17/h3,5,7-9H,1-2,4H2,(H,16,17). The van der Waals surface area contributed by atoms with Crippen LogP contribution < -0.4 is 0 Å². The Morgan fingerprint density at radius 3 is 2.78 bits per heavy atom. The average molecular weight is 330 g/mol. The Labute approximate surface area is 117 Å². The third-order valence-corrected chi connectivity index (χ3v) is 5.55.